The van der Waals surface area contributed by atoms with Crippen LogP contribution in [0.4, 0.5) is 5.69 Å². The summed E-state index contributed by atoms with van der Waals surface area (Å²) in [4.78, 5) is 12.4. The molecule has 0 unspecified atom stereocenters. The summed E-state index contributed by atoms with van der Waals surface area (Å²) < 4.78 is 0. The van der Waals surface area contributed by atoms with Gasteiger partial charge < -0.3 is 0 Å². The molecule has 0 aliphatic rings. The van der Waals surface area contributed by atoms with Gasteiger partial charge in [0, 0.05) is 25.2 Å². The Labute approximate surface area is 118 Å². The van der Waals surface area contributed by atoms with Crippen LogP contribution in [-0.4, -0.2) is 16.9 Å². The van der Waals surface area contributed by atoms with Crippen molar-refractivity contribution in [1.82, 2.24) is 4.90 Å². The Kier molecular flexibility index (Phi) is 4.48. The first-order valence-corrected chi connectivity index (χ1v) is 6.52. The Balaban J connectivity index is 1.99. The molecule has 0 amide bonds. The maximum atomic E-state index is 10.6. The molecule has 0 heterocycles. The number of benzene rings is 2. The average Bonchev–Trinajstić information content (AvgIpc) is 2.42. The van der Waals surface area contributed by atoms with Crippen molar-refractivity contribution in [3.8, 4) is 0 Å². The number of rotatable bonds is 5. The van der Waals surface area contributed by atoms with E-state index in [0.717, 1.165) is 18.7 Å². The topological polar surface area (TPSA) is 46.4 Å². The lowest BCUT2D eigenvalue weighted by Gasteiger charge is -2.18. The van der Waals surface area contributed by atoms with Gasteiger partial charge in [0.1, 0.15) is 0 Å². The molecule has 0 aromatic heterocycles. The molecule has 4 heteroatoms. The molecular weight excluding hydrogens is 252 g/mol. The summed E-state index contributed by atoms with van der Waals surface area (Å²) in [6.45, 7) is 3.74. The SMILES string of the molecule is Cc1ccccc1CN(C)Cc1ccc([N+](=O)[O-])cc1. The van der Waals surface area contributed by atoms with E-state index >= 15 is 0 Å². The third kappa shape index (κ3) is 3.65. The second-order valence-electron chi connectivity index (χ2n) is 5.02. The molecule has 20 heavy (non-hydrogen) atoms. The molecule has 4 nitrogen and oxygen atoms in total. The van der Waals surface area contributed by atoms with Gasteiger partial charge in [0.05, 0.1) is 4.92 Å². The summed E-state index contributed by atoms with van der Waals surface area (Å²) in [5.41, 5.74) is 3.79. The number of nitro groups is 1. The third-order valence-electron chi connectivity index (χ3n) is 3.30. The molecule has 0 N–H and O–H groups in total. The smallest absolute Gasteiger partial charge is 0.269 e. The zero-order valence-electron chi connectivity index (χ0n) is 11.7. The van der Waals surface area contributed by atoms with Crippen LogP contribution in [0.15, 0.2) is 48.5 Å². The summed E-state index contributed by atoms with van der Waals surface area (Å²) in [5, 5.41) is 10.6. The van der Waals surface area contributed by atoms with Crippen LogP contribution in [0.2, 0.25) is 0 Å². The van der Waals surface area contributed by atoms with Gasteiger partial charge in [-0.3, -0.25) is 15.0 Å². The quantitative estimate of drug-likeness (QED) is 0.616. The summed E-state index contributed by atoms with van der Waals surface area (Å²) in [6.07, 6.45) is 0. The number of nitro benzene ring substituents is 1. The van der Waals surface area contributed by atoms with E-state index in [-0.39, 0.29) is 10.6 Å². The van der Waals surface area contributed by atoms with E-state index in [0.29, 0.717) is 0 Å². The predicted octanol–water partition coefficient (Wildman–Crippen LogP) is 3.54. The van der Waals surface area contributed by atoms with Crippen molar-refractivity contribution < 1.29 is 4.92 Å². The lowest BCUT2D eigenvalue weighted by Crippen LogP contribution is -2.17. The first-order chi connectivity index (χ1) is 9.56. The highest BCUT2D eigenvalue weighted by Crippen LogP contribution is 2.15. The van der Waals surface area contributed by atoms with E-state index in [1.165, 1.54) is 11.1 Å². The number of hydrogen-bond donors (Lipinski definition) is 0. The van der Waals surface area contributed by atoms with Crippen LogP contribution in [-0.2, 0) is 13.1 Å². The molecule has 0 spiro atoms. The van der Waals surface area contributed by atoms with E-state index < -0.39 is 0 Å². The minimum atomic E-state index is -0.374. The molecule has 0 bridgehead atoms. The minimum Gasteiger partial charge on any atom is -0.298 e. The van der Waals surface area contributed by atoms with Crippen LogP contribution in [0.3, 0.4) is 0 Å². The fourth-order valence-electron chi connectivity index (χ4n) is 2.17. The van der Waals surface area contributed by atoms with Crippen LogP contribution in [0.5, 0.6) is 0 Å². The highest BCUT2D eigenvalue weighted by atomic mass is 16.6. The molecule has 104 valence electrons. The van der Waals surface area contributed by atoms with Crippen molar-refractivity contribution in [1.29, 1.82) is 0 Å². The fraction of sp³-hybridized carbons (Fsp3) is 0.250. The van der Waals surface area contributed by atoms with Gasteiger partial charge in [0.2, 0.25) is 0 Å². The van der Waals surface area contributed by atoms with Crippen molar-refractivity contribution in [2.75, 3.05) is 7.05 Å². The number of nitrogens with zero attached hydrogens (tertiary/aromatic N) is 2. The minimum absolute atomic E-state index is 0.135. The van der Waals surface area contributed by atoms with Gasteiger partial charge in [-0.1, -0.05) is 36.4 Å². The average molecular weight is 270 g/mol. The molecule has 2 rings (SSSR count). The zero-order valence-corrected chi connectivity index (χ0v) is 11.7. The summed E-state index contributed by atoms with van der Waals surface area (Å²) in [6, 6.07) is 15.0. The number of hydrogen-bond acceptors (Lipinski definition) is 3. The largest absolute Gasteiger partial charge is 0.298 e. The number of aryl methyl sites for hydroxylation is 1. The molecule has 0 saturated heterocycles. The first-order valence-electron chi connectivity index (χ1n) is 6.52. The summed E-state index contributed by atoms with van der Waals surface area (Å²) >= 11 is 0. The van der Waals surface area contributed by atoms with Crippen LogP contribution < -0.4 is 0 Å². The van der Waals surface area contributed by atoms with E-state index in [1.807, 2.05) is 31.3 Å². The molecule has 0 radical (unpaired) electrons. The van der Waals surface area contributed by atoms with Crippen LogP contribution in [0.1, 0.15) is 16.7 Å². The third-order valence-corrected chi connectivity index (χ3v) is 3.30. The van der Waals surface area contributed by atoms with Crippen molar-refractivity contribution in [3.05, 3.63) is 75.3 Å². The Morgan fingerprint density at radius 3 is 2.30 bits per heavy atom. The zero-order chi connectivity index (χ0) is 14.5. The van der Waals surface area contributed by atoms with Crippen molar-refractivity contribution >= 4 is 5.69 Å². The highest BCUT2D eigenvalue weighted by Gasteiger charge is 2.07. The van der Waals surface area contributed by atoms with Gasteiger partial charge >= 0.3 is 0 Å². The van der Waals surface area contributed by atoms with Gasteiger partial charge in [-0.2, -0.15) is 0 Å². The molecule has 0 saturated carbocycles. The lowest BCUT2D eigenvalue weighted by molar-refractivity contribution is -0.384. The number of non-ortho nitro benzene ring substituents is 1. The Hall–Kier alpha value is -2.20. The van der Waals surface area contributed by atoms with Crippen molar-refractivity contribution in [2.24, 2.45) is 0 Å². The molecule has 2 aromatic rings. The van der Waals surface area contributed by atoms with E-state index in [2.05, 4.69) is 24.0 Å². The lowest BCUT2D eigenvalue weighted by atomic mass is 10.1. The standard InChI is InChI=1S/C16H18N2O2/c1-13-5-3-4-6-15(13)12-17(2)11-14-7-9-16(10-8-14)18(19)20/h3-10H,11-12H2,1-2H3. The Bertz CT molecular complexity index is 594. The van der Waals surface area contributed by atoms with E-state index in [9.17, 15) is 10.1 Å². The van der Waals surface area contributed by atoms with Gasteiger partial charge in [0.25, 0.3) is 5.69 Å². The molecule has 0 aliphatic heterocycles. The molecule has 0 aliphatic carbocycles. The van der Waals surface area contributed by atoms with Gasteiger partial charge in [0.15, 0.2) is 0 Å². The summed E-state index contributed by atoms with van der Waals surface area (Å²) in [5.74, 6) is 0. The van der Waals surface area contributed by atoms with E-state index in [1.54, 1.807) is 12.1 Å². The Morgan fingerprint density at radius 1 is 1.05 bits per heavy atom. The second-order valence-corrected chi connectivity index (χ2v) is 5.02. The highest BCUT2D eigenvalue weighted by molar-refractivity contribution is 5.33. The van der Waals surface area contributed by atoms with Crippen molar-refractivity contribution in [2.45, 2.75) is 20.0 Å². The molecule has 0 atom stereocenters. The van der Waals surface area contributed by atoms with Gasteiger partial charge in [-0.15, -0.1) is 0 Å². The first kappa shape index (κ1) is 14.2. The van der Waals surface area contributed by atoms with Gasteiger partial charge in [-0.25, -0.2) is 0 Å². The maximum Gasteiger partial charge on any atom is 0.269 e. The molecule has 0 fully saturated rings. The van der Waals surface area contributed by atoms with Crippen molar-refractivity contribution in [3.63, 3.8) is 0 Å². The maximum absolute atomic E-state index is 10.6. The predicted molar refractivity (Wildman–Crippen MR) is 79.4 cm³/mol. The molecule has 2 aromatic carbocycles. The van der Waals surface area contributed by atoms with E-state index in [4.69, 9.17) is 0 Å². The van der Waals surface area contributed by atoms with Crippen LogP contribution in [0.25, 0.3) is 0 Å². The van der Waals surface area contributed by atoms with Crippen LogP contribution >= 0.6 is 0 Å². The van der Waals surface area contributed by atoms with Crippen LogP contribution in [0, 0.1) is 17.0 Å². The summed E-state index contributed by atoms with van der Waals surface area (Å²) in [7, 11) is 2.05. The molecular formula is C16H18N2O2. The fourth-order valence-corrected chi connectivity index (χ4v) is 2.17. The van der Waals surface area contributed by atoms with Gasteiger partial charge in [-0.05, 0) is 30.7 Å². The Morgan fingerprint density at radius 2 is 1.70 bits per heavy atom. The monoisotopic (exact) mass is 270 g/mol. The second kappa shape index (κ2) is 6.30. The normalized spacial score (nSPS) is 10.8.